The van der Waals surface area contributed by atoms with Gasteiger partial charge in [0.05, 0.1) is 0 Å². The molecule has 2 aliphatic rings. The molecule has 0 aromatic carbocycles. The van der Waals surface area contributed by atoms with Crippen LogP contribution in [0.4, 0.5) is 0 Å². The minimum Gasteiger partial charge on any atom is -0.461 e. The minimum absolute atomic E-state index is 0.0335. The number of fused-ring (bicyclic) bond motifs is 1. The molecule has 2 heterocycles. The van der Waals surface area contributed by atoms with Crippen molar-refractivity contribution < 1.29 is 19.1 Å². The van der Waals surface area contributed by atoms with E-state index in [9.17, 15) is 14.4 Å². The molecule has 6 nitrogen and oxygen atoms in total. The first-order valence-electron chi connectivity index (χ1n) is 5.10. The monoisotopic (exact) mass is 256 g/mol. The van der Waals surface area contributed by atoms with Gasteiger partial charge in [0.15, 0.2) is 0 Å². The predicted molar refractivity (Wildman–Crippen MR) is 60.8 cm³/mol. The van der Waals surface area contributed by atoms with Gasteiger partial charge in [0.1, 0.15) is 18.0 Å². The van der Waals surface area contributed by atoms with Crippen molar-refractivity contribution in [2.75, 3.05) is 12.4 Å². The lowest BCUT2D eigenvalue weighted by atomic mass is 10.1. The molecular weight excluding hydrogens is 244 g/mol. The molecule has 92 valence electrons. The zero-order valence-corrected chi connectivity index (χ0v) is 10.0. The summed E-state index contributed by atoms with van der Waals surface area (Å²) in [6.07, 6.45) is 2.24. The molecule has 0 bridgehead atoms. The van der Waals surface area contributed by atoms with E-state index in [4.69, 9.17) is 4.74 Å². The molecule has 0 aromatic rings. The maximum Gasteiger partial charge on any atom is 0.302 e. The lowest BCUT2D eigenvalue weighted by Crippen LogP contribution is -2.67. The van der Waals surface area contributed by atoms with Gasteiger partial charge in [-0.1, -0.05) is 0 Å². The molecule has 2 aliphatic heterocycles. The van der Waals surface area contributed by atoms with Crippen molar-refractivity contribution in [1.29, 1.82) is 0 Å². The number of thioether (sulfide) groups is 1. The summed E-state index contributed by atoms with van der Waals surface area (Å²) in [6.45, 7) is 1.56. The van der Waals surface area contributed by atoms with Crippen molar-refractivity contribution in [2.45, 2.75) is 18.3 Å². The summed E-state index contributed by atoms with van der Waals surface area (Å²) >= 11 is 1.55. The fourth-order valence-electron chi connectivity index (χ4n) is 1.73. The van der Waals surface area contributed by atoms with Crippen LogP contribution < -0.4 is 5.32 Å². The number of esters is 1. The summed E-state index contributed by atoms with van der Waals surface area (Å²) in [5.41, 5.74) is 0.888. The highest BCUT2D eigenvalue weighted by Crippen LogP contribution is 2.35. The van der Waals surface area contributed by atoms with Gasteiger partial charge in [-0.15, -0.1) is 11.8 Å². The summed E-state index contributed by atoms with van der Waals surface area (Å²) in [5.74, 6) is 0.224. The van der Waals surface area contributed by atoms with Crippen LogP contribution >= 0.6 is 11.8 Å². The van der Waals surface area contributed by atoms with Gasteiger partial charge in [0.2, 0.25) is 6.41 Å². The third-order valence-electron chi connectivity index (χ3n) is 2.55. The highest BCUT2D eigenvalue weighted by Gasteiger charge is 2.48. The van der Waals surface area contributed by atoms with Crippen molar-refractivity contribution in [3.05, 3.63) is 11.8 Å². The Morgan fingerprint density at radius 1 is 1.76 bits per heavy atom. The molecule has 0 unspecified atom stereocenters. The molecular formula is C10H12N2O4S. The molecule has 2 atom stereocenters. The van der Waals surface area contributed by atoms with Crippen molar-refractivity contribution in [2.24, 2.45) is 0 Å². The molecule has 0 aliphatic carbocycles. The molecule has 17 heavy (non-hydrogen) atoms. The lowest BCUT2D eigenvalue weighted by molar-refractivity contribution is -0.143. The fourth-order valence-corrected chi connectivity index (χ4v) is 2.98. The van der Waals surface area contributed by atoms with E-state index in [-0.39, 0.29) is 23.9 Å². The number of nitrogens with one attached hydrogen (secondary N) is 1. The first-order valence-corrected chi connectivity index (χ1v) is 6.15. The van der Waals surface area contributed by atoms with E-state index >= 15 is 0 Å². The Balaban J connectivity index is 1.95. The number of hydrogen-bond donors (Lipinski definition) is 1. The van der Waals surface area contributed by atoms with E-state index in [1.54, 1.807) is 22.9 Å². The SMILES string of the molecule is CC(=O)OCC1=CN2C(=O)[C@@H](NC=O)[C@H]2SC1. The van der Waals surface area contributed by atoms with Gasteiger partial charge in [0.25, 0.3) is 5.91 Å². The standard InChI is InChI=1S/C10H12N2O4S/c1-6(14)16-3-7-2-12-9(15)8(11-5-13)10(12)17-4-7/h2,5,8,10H,3-4H2,1H3,(H,11,13)/t8-,10-/m1/s1. The van der Waals surface area contributed by atoms with Crippen LogP contribution in [0.15, 0.2) is 11.8 Å². The number of rotatable bonds is 4. The van der Waals surface area contributed by atoms with Crippen molar-refractivity contribution in [1.82, 2.24) is 10.2 Å². The Hall–Kier alpha value is -1.50. The number of hydrogen-bond acceptors (Lipinski definition) is 5. The molecule has 0 saturated carbocycles. The van der Waals surface area contributed by atoms with Crippen LogP contribution in [0.5, 0.6) is 0 Å². The third-order valence-corrected chi connectivity index (χ3v) is 3.93. The zero-order valence-electron chi connectivity index (χ0n) is 9.21. The van der Waals surface area contributed by atoms with Crippen LogP contribution in [0, 0.1) is 0 Å². The molecule has 0 spiro atoms. The molecule has 1 N–H and O–H groups in total. The summed E-state index contributed by atoms with van der Waals surface area (Å²) in [6, 6.07) is -0.427. The Labute approximate surface area is 102 Å². The van der Waals surface area contributed by atoms with Gasteiger partial charge in [0, 0.05) is 18.9 Å². The first-order chi connectivity index (χ1) is 8.13. The number of β-lactam (4-membered cyclic amide) rings is 1. The molecule has 2 amide bonds. The fraction of sp³-hybridized carbons (Fsp3) is 0.500. The van der Waals surface area contributed by atoms with Gasteiger partial charge in [-0.2, -0.15) is 0 Å². The Bertz CT molecular complexity index is 396. The number of nitrogens with zero attached hydrogens (tertiary/aromatic N) is 1. The molecule has 0 aromatic heterocycles. The van der Waals surface area contributed by atoms with Crippen LogP contribution in [0.2, 0.25) is 0 Å². The van der Waals surface area contributed by atoms with Crippen LogP contribution in [-0.4, -0.2) is 47.0 Å². The molecule has 1 fully saturated rings. The second kappa shape index (κ2) is 4.79. The highest BCUT2D eigenvalue weighted by atomic mass is 32.2. The van der Waals surface area contributed by atoms with Crippen LogP contribution in [0.1, 0.15) is 6.92 Å². The maximum absolute atomic E-state index is 11.6. The van der Waals surface area contributed by atoms with Crippen molar-refractivity contribution >= 4 is 30.0 Å². The van der Waals surface area contributed by atoms with Gasteiger partial charge in [-0.3, -0.25) is 14.4 Å². The maximum atomic E-state index is 11.6. The second-order valence-electron chi connectivity index (χ2n) is 3.78. The smallest absolute Gasteiger partial charge is 0.302 e. The predicted octanol–water partition coefficient (Wildman–Crippen LogP) is -0.537. The molecule has 2 rings (SSSR count). The third kappa shape index (κ3) is 2.28. The van der Waals surface area contributed by atoms with E-state index in [2.05, 4.69) is 5.32 Å². The summed E-state index contributed by atoms with van der Waals surface area (Å²) in [4.78, 5) is 34.1. The van der Waals surface area contributed by atoms with Gasteiger partial charge in [-0.05, 0) is 5.57 Å². The summed E-state index contributed by atoms with van der Waals surface area (Å²) in [5, 5.41) is 2.46. The number of carbonyl (C=O) groups excluding carboxylic acids is 3. The number of ether oxygens (including phenoxy) is 1. The van der Waals surface area contributed by atoms with Crippen LogP contribution in [0.3, 0.4) is 0 Å². The quantitative estimate of drug-likeness (QED) is 0.415. The van der Waals surface area contributed by atoms with E-state index in [0.717, 1.165) is 5.57 Å². The van der Waals surface area contributed by atoms with Crippen LogP contribution in [0.25, 0.3) is 0 Å². The minimum atomic E-state index is -0.427. The van der Waals surface area contributed by atoms with E-state index in [0.29, 0.717) is 12.2 Å². The van der Waals surface area contributed by atoms with Crippen molar-refractivity contribution in [3.63, 3.8) is 0 Å². The molecule has 0 radical (unpaired) electrons. The Morgan fingerprint density at radius 2 is 2.53 bits per heavy atom. The Morgan fingerprint density at radius 3 is 3.18 bits per heavy atom. The lowest BCUT2D eigenvalue weighted by Gasteiger charge is -2.46. The average Bonchev–Trinajstić information content (AvgIpc) is 2.33. The topological polar surface area (TPSA) is 75.7 Å². The average molecular weight is 256 g/mol. The zero-order chi connectivity index (χ0) is 12.4. The Kier molecular flexibility index (Phi) is 3.37. The van der Waals surface area contributed by atoms with E-state index in [1.165, 1.54) is 6.92 Å². The number of carbonyl (C=O) groups is 3. The van der Waals surface area contributed by atoms with E-state index in [1.807, 2.05) is 0 Å². The summed E-state index contributed by atoms with van der Waals surface area (Å²) < 4.78 is 4.87. The van der Waals surface area contributed by atoms with Crippen molar-refractivity contribution in [3.8, 4) is 0 Å². The molecule has 7 heteroatoms. The van der Waals surface area contributed by atoms with Gasteiger partial charge in [-0.25, -0.2) is 0 Å². The van der Waals surface area contributed by atoms with Gasteiger partial charge < -0.3 is 15.0 Å². The van der Waals surface area contributed by atoms with Crippen LogP contribution in [-0.2, 0) is 19.1 Å². The highest BCUT2D eigenvalue weighted by molar-refractivity contribution is 8.00. The molecule has 1 saturated heterocycles. The normalized spacial score (nSPS) is 26.5. The number of amides is 2. The van der Waals surface area contributed by atoms with E-state index < -0.39 is 6.04 Å². The first kappa shape index (κ1) is 12.0. The largest absolute Gasteiger partial charge is 0.461 e. The summed E-state index contributed by atoms with van der Waals surface area (Å²) in [7, 11) is 0. The second-order valence-corrected chi connectivity index (χ2v) is 4.88. The van der Waals surface area contributed by atoms with Gasteiger partial charge >= 0.3 is 5.97 Å².